The van der Waals surface area contributed by atoms with Crippen LogP contribution in [-0.2, 0) is 11.3 Å². The molecule has 0 aliphatic rings. The van der Waals surface area contributed by atoms with Crippen LogP contribution in [0.2, 0.25) is 0 Å². The van der Waals surface area contributed by atoms with Gasteiger partial charge in [-0.15, -0.1) is 0 Å². The van der Waals surface area contributed by atoms with Gasteiger partial charge in [-0.1, -0.05) is 12.1 Å². The van der Waals surface area contributed by atoms with E-state index < -0.39 is 11.9 Å². The molecule has 0 unspecified atom stereocenters. The third-order valence-electron chi connectivity index (χ3n) is 3.52. The number of carbonyl (C=O) groups is 2. The van der Waals surface area contributed by atoms with Gasteiger partial charge in [0.1, 0.15) is 5.65 Å². The van der Waals surface area contributed by atoms with Gasteiger partial charge in [-0.25, -0.2) is 9.31 Å². The van der Waals surface area contributed by atoms with Crippen LogP contribution in [0.4, 0.5) is 4.79 Å². The highest BCUT2D eigenvalue weighted by molar-refractivity contribution is 5.93. The summed E-state index contributed by atoms with van der Waals surface area (Å²) in [5.74, 6) is -0.535. The Balaban J connectivity index is 2.11. The van der Waals surface area contributed by atoms with Gasteiger partial charge in [-0.05, 0) is 19.1 Å². The van der Waals surface area contributed by atoms with Gasteiger partial charge in [-0.2, -0.15) is 5.10 Å². The smallest absolute Gasteiger partial charge is 0.318 e. The van der Waals surface area contributed by atoms with Crippen molar-refractivity contribution in [1.29, 1.82) is 0 Å². The molecule has 8 heteroatoms. The van der Waals surface area contributed by atoms with E-state index in [1.807, 2.05) is 24.4 Å². The molecular formula is C15H15N5O3. The molecule has 1 aromatic carbocycles. The SMILES string of the molecule is Cc1cc2n(CCC(=O)NC(N)=O)c(=O)c3ccccc3n2n1. The van der Waals surface area contributed by atoms with E-state index in [1.54, 1.807) is 22.7 Å². The Bertz CT molecular complexity index is 986. The highest BCUT2D eigenvalue weighted by Crippen LogP contribution is 2.14. The first-order chi connectivity index (χ1) is 11.0. The van der Waals surface area contributed by atoms with Gasteiger partial charge < -0.3 is 5.73 Å². The number of fused-ring (bicyclic) bond motifs is 3. The maximum absolute atomic E-state index is 12.7. The molecule has 0 aliphatic heterocycles. The molecule has 0 spiro atoms. The van der Waals surface area contributed by atoms with Crippen molar-refractivity contribution < 1.29 is 9.59 Å². The van der Waals surface area contributed by atoms with Crippen molar-refractivity contribution in [1.82, 2.24) is 19.5 Å². The molecular weight excluding hydrogens is 298 g/mol. The van der Waals surface area contributed by atoms with Crippen LogP contribution in [0.5, 0.6) is 0 Å². The lowest BCUT2D eigenvalue weighted by Crippen LogP contribution is -2.36. The Morgan fingerprint density at radius 2 is 2.04 bits per heavy atom. The molecule has 0 atom stereocenters. The largest absolute Gasteiger partial charge is 0.351 e. The number of para-hydroxylation sites is 1. The number of aryl methyl sites for hydroxylation is 2. The fraction of sp³-hybridized carbons (Fsp3) is 0.200. The second-order valence-corrected chi connectivity index (χ2v) is 5.19. The number of imide groups is 1. The molecule has 2 heterocycles. The van der Waals surface area contributed by atoms with Crippen molar-refractivity contribution in [2.24, 2.45) is 5.73 Å². The average Bonchev–Trinajstić information content (AvgIpc) is 2.88. The Labute approximate surface area is 130 Å². The summed E-state index contributed by atoms with van der Waals surface area (Å²) in [6.07, 6.45) is -0.0406. The second kappa shape index (κ2) is 5.56. The summed E-state index contributed by atoms with van der Waals surface area (Å²) in [6, 6.07) is 8.01. The van der Waals surface area contributed by atoms with Crippen molar-refractivity contribution in [2.45, 2.75) is 19.9 Å². The summed E-state index contributed by atoms with van der Waals surface area (Å²) >= 11 is 0. The average molecular weight is 313 g/mol. The zero-order valence-corrected chi connectivity index (χ0v) is 12.4. The predicted octanol–water partition coefficient (Wildman–Crippen LogP) is 0.543. The monoisotopic (exact) mass is 313 g/mol. The molecule has 3 rings (SSSR count). The lowest BCUT2D eigenvalue weighted by atomic mass is 10.2. The minimum atomic E-state index is -0.911. The maximum atomic E-state index is 12.7. The number of primary amides is 1. The number of hydrogen-bond acceptors (Lipinski definition) is 4. The molecule has 8 nitrogen and oxygen atoms in total. The second-order valence-electron chi connectivity index (χ2n) is 5.19. The zero-order valence-electron chi connectivity index (χ0n) is 12.4. The zero-order chi connectivity index (χ0) is 16.6. The molecule has 118 valence electrons. The van der Waals surface area contributed by atoms with Gasteiger partial charge in [-0.3, -0.25) is 19.5 Å². The predicted molar refractivity (Wildman–Crippen MR) is 84.0 cm³/mol. The molecule has 0 saturated heterocycles. The first-order valence-electron chi connectivity index (χ1n) is 7.04. The Morgan fingerprint density at radius 3 is 2.78 bits per heavy atom. The fourth-order valence-electron chi connectivity index (χ4n) is 2.57. The molecule has 3 N–H and O–H groups in total. The molecule has 0 fully saturated rings. The van der Waals surface area contributed by atoms with E-state index in [0.717, 1.165) is 5.69 Å². The number of aromatic nitrogens is 3. The van der Waals surface area contributed by atoms with Crippen molar-refractivity contribution in [3.63, 3.8) is 0 Å². The number of urea groups is 1. The van der Waals surface area contributed by atoms with Crippen molar-refractivity contribution in [3.05, 3.63) is 46.4 Å². The lowest BCUT2D eigenvalue weighted by molar-refractivity contribution is -0.120. The van der Waals surface area contributed by atoms with Crippen LogP contribution in [0.25, 0.3) is 16.6 Å². The van der Waals surface area contributed by atoms with Crippen LogP contribution in [0.3, 0.4) is 0 Å². The summed E-state index contributed by atoms with van der Waals surface area (Å²) in [5.41, 5.74) is 6.76. The first kappa shape index (κ1) is 14.8. The number of nitrogens with one attached hydrogen (secondary N) is 1. The van der Waals surface area contributed by atoms with E-state index in [-0.39, 0.29) is 18.5 Å². The van der Waals surface area contributed by atoms with E-state index in [1.165, 1.54) is 4.57 Å². The van der Waals surface area contributed by atoms with Gasteiger partial charge in [0, 0.05) is 19.0 Å². The van der Waals surface area contributed by atoms with E-state index in [2.05, 4.69) is 5.10 Å². The quantitative estimate of drug-likeness (QED) is 0.735. The van der Waals surface area contributed by atoms with Crippen molar-refractivity contribution in [3.8, 4) is 0 Å². The standard InChI is InChI=1S/C15H15N5O3/c1-9-8-13-19(7-6-12(21)17-15(16)23)14(22)10-4-2-3-5-11(10)20(13)18-9/h2-5,8H,6-7H2,1H3,(H3,16,17,21,23). The third-order valence-corrected chi connectivity index (χ3v) is 3.52. The van der Waals surface area contributed by atoms with E-state index in [9.17, 15) is 14.4 Å². The minimum absolute atomic E-state index is 0.0406. The molecule has 3 amide bonds. The number of rotatable bonds is 3. The first-order valence-corrected chi connectivity index (χ1v) is 7.04. The molecule has 0 aliphatic carbocycles. The van der Waals surface area contributed by atoms with Crippen LogP contribution < -0.4 is 16.6 Å². The highest BCUT2D eigenvalue weighted by atomic mass is 16.2. The number of carbonyl (C=O) groups excluding carboxylic acids is 2. The van der Waals surface area contributed by atoms with E-state index >= 15 is 0 Å². The molecule has 0 bridgehead atoms. The molecule has 23 heavy (non-hydrogen) atoms. The lowest BCUT2D eigenvalue weighted by Gasteiger charge is -2.10. The van der Waals surface area contributed by atoms with E-state index in [4.69, 9.17) is 5.73 Å². The fourth-order valence-corrected chi connectivity index (χ4v) is 2.57. The molecule has 0 saturated carbocycles. The van der Waals surface area contributed by atoms with Gasteiger partial charge in [0.2, 0.25) is 5.91 Å². The summed E-state index contributed by atoms with van der Waals surface area (Å²) in [7, 11) is 0. The number of nitrogens with two attached hydrogens (primary N) is 1. The van der Waals surface area contributed by atoms with Gasteiger partial charge in [0.25, 0.3) is 5.56 Å². The number of hydrogen-bond donors (Lipinski definition) is 2. The van der Waals surface area contributed by atoms with Crippen molar-refractivity contribution in [2.75, 3.05) is 0 Å². The van der Waals surface area contributed by atoms with Crippen LogP contribution >= 0.6 is 0 Å². The van der Waals surface area contributed by atoms with Crippen LogP contribution in [0.1, 0.15) is 12.1 Å². The summed E-state index contributed by atoms with van der Waals surface area (Å²) < 4.78 is 3.15. The number of benzene rings is 1. The van der Waals surface area contributed by atoms with Crippen LogP contribution in [0, 0.1) is 6.92 Å². The summed E-state index contributed by atoms with van der Waals surface area (Å²) in [4.78, 5) is 35.0. The number of nitrogens with zero attached hydrogens (tertiary/aromatic N) is 3. The van der Waals surface area contributed by atoms with Crippen molar-refractivity contribution >= 4 is 28.5 Å². The minimum Gasteiger partial charge on any atom is -0.351 e. The summed E-state index contributed by atoms with van der Waals surface area (Å²) in [6.45, 7) is 1.95. The molecule has 2 aromatic heterocycles. The molecule has 3 aromatic rings. The van der Waals surface area contributed by atoms with Crippen LogP contribution in [0.15, 0.2) is 35.1 Å². The van der Waals surface area contributed by atoms with Gasteiger partial charge in [0.05, 0.1) is 16.6 Å². The topological polar surface area (TPSA) is 111 Å². The normalized spacial score (nSPS) is 11.0. The van der Waals surface area contributed by atoms with Gasteiger partial charge in [0.15, 0.2) is 0 Å². The third kappa shape index (κ3) is 2.66. The molecule has 0 radical (unpaired) electrons. The van der Waals surface area contributed by atoms with Gasteiger partial charge >= 0.3 is 6.03 Å². The van der Waals surface area contributed by atoms with Crippen LogP contribution in [-0.4, -0.2) is 26.1 Å². The van der Waals surface area contributed by atoms with E-state index in [0.29, 0.717) is 16.6 Å². The maximum Gasteiger partial charge on any atom is 0.318 e. The Kier molecular flexibility index (Phi) is 3.57. The number of amides is 3. The highest BCUT2D eigenvalue weighted by Gasteiger charge is 2.13. The Hall–Kier alpha value is -3.16. The summed E-state index contributed by atoms with van der Waals surface area (Å²) in [5, 5.41) is 6.90. The Morgan fingerprint density at radius 1 is 1.30 bits per heavy atom.